The fourth-order valence-electron chi connectivity index (χ4n) is 3.02. The Bertz CT molecular complexity index is 1180. The second-order valence-electron chi connectivity index (χ2n) is 7.08. The summed E-state index contributed by atoms with van der Waals surface area (Å²) in [6.45, 7) is -0.408. The van der Waals surface area contributed by atoms with E-state index in [2.05, 4.69) is 9.89 Å². The first-order chi connectivity index (χ1) is 16.4. The number of aromatic nitrogens is 1. The number of rotatable bonds is 6. The van der Waals surface area contributed by atoms with Gasteiger partial charge in [-0.25, -0.2) is 9.59 Å². The van der Waals surface area contributed by atoms with Gasteiger partial charge in [-0.05, 0) is 17.7 Å². The molecule has 1 heterocycles. The highest BCUT2D eigenvalue weighted by Crippen LogP contribution is 2.42. The average molecular weight is 502 g/mol. The second kappa shape index (κ2) is 9.68. The van der Waals surface area contributed by atoms with Crippen molar-refractivity contribution in [1.82, 2.24) is 10.5 Å². The number of methoxy groups -OCH3 is 1. The van der Waals surface area contributed by atoms with Crippen LogP contribution in [0, 0.1) is 0 Å². The zero-order valence-electron chi connectivity index (χ0n) is 17.7. The molecule has 186 valence electrons. The molecule has 1 atom stereocenters. The van der Waals surface area contributed by atoms with E-state index >= 15 is 0 Å². The molecular formula is C22H16F6N2O5. The number of nitrogens with one attached hydrogen (secondary N) is 1. The molecule has 35 heavy (non-hydrogen) atoms. The highest BCUT2D eigenvalue weighted by atomic mass is 19.4. The van der Waals surface area contributed by atoms with Crippen molar-refractivity contribution in [3.8, 4) is 11.3 Å². The van der Waals surface area contributed by atoms with Crippen LogP contribution in [0.5, 0.6) is 0 Å². The third-order valence-electron chi connectivity index (χ3n) is 4.81. The molecule has 7 nitrogen and oxygen atoms in total. The number of alkyl carbamates (subject to hydrolysis) is 1. The molecule has 0 aliphatic carbocycles. The Morgan fingerprint density at radius 3 is 2.14 bits per heavy atom. The van der Waals surface area contributed by atoms with E-state index in [4.69, 9.17) is 9.26 Å². The van der Waals surface area contributed by atoms with E-state index < -0.39 is 47.9 Å². The first-order valence-electron chi connectivity index (χ1n) is 9.67. The molecule has 0 radical (unpaired) electrons. The van der Waals surface area contributed by atoms with Crippen molar-refractivity contribution in [1.29, 1.82) is 0 Å². The predicted octanol–water partition coefficient (Wildman–Crippen LogP) is 5.22. The minimum absolute atomic E-state index is 0.0411. The summed E-state index contributed by atoms with van der Waals surface area (Å²) in [6.07, 6.45) is -11.7. The number of halogens is 6. The van der Waals surface area contributed by atoms with E-state index in [0.29, 0.717) is 30.9 Å². The third kappa shape index (κ3) is 5.39. The lowest BCUT2D eigenvalue weighted by Gasteiger charge is -2.30. The van der Waals surface area contributed by atoms with Crippen LogP contribution in [0.2, 0.25) is 0 Å². The molecule has 0 spiro atoms. The van der Waals surface area contributed by atoms with Gasteiger partial charge in [0, 0.05) is 11.6 Å². The van der Waals surface area contributed by atoms with Gasteiger partial charge in [0.15, 0.2) is 5.76 Å². The number of alkyl halides is 6. The molecule has 0 aliphatic heterocycles. The van der Waals surface area contributed by atoms with Gasteiger partial charge in [-0.3, -0.25) is 5.32 Å². The quantitative estimate of drug-likeness (QED) is 0.367. The van der Waals surface area contributed by atoms with Crippen LogP contribution >= 0.6 is 0 Å². The fourth-order valence-corrected chi connectivity index (χ4v) is 3.02. The number of benzene rings is 2. The van der Waals surface area contributed by atoms with E-state index in [1.807, 2.05) is 0 Å². The molecule has 0 saturated heterocycles. The van der Waals surface area contributed by atoms with Crippen LogP contribution in [0.4, 0.5) is 31.1 Å². The van der Waals surface area contributed by atoms with Crippen molar-refractivity contribution in [3.05, 3.63) is 77.6 Å². The Hall–Kier alpha value is -4.03. The van der Waals surface area contributed by atoms with Crippen molar-refractivity contribution in [2.45, 2.75) is 24.5 Å². The van der Waals surface area contributed by atoms with Crippen LogP contribution in [-0.4, -0.2) is 30.5 Å². The number of hydrogen-bond acceptors (Lipinski definition) is 6. The third-order valence-corrected chi connectivity index (χ3v) is 4.81. The molecule has 1 N–H and O–H groups in total. The molecular weight excluding hydrogens is 486 g/mol. The molecule has 0 fully saturated rings. The Morgan fingerprint density at radius 2 is 1.60 bits per heavy atom. The molecule has 2 aromatic carbocycles. The fraction of sp³-hybridized carbons (Fsp3) is 0.227. The average Bonchev–Trinajstić information content (AvgIpc) is 3.30. The first kappa shape index (κ1) is 25.6. The minimum Gasteiger partial charge on any atom is -0.467 e. The molecule has 0 saturated carbocycles. The van der Waals surface area contributed by atoms with Gasteiger partial charge in [0.05, 0.1) is 12.7 Å². The van der Waals surface area contributed by atoms with Crippen LogP contribution in [0.15, 0.2) is 65.2 Å². The van der Waals surface area contributed by atoms with Gasteiger partial charge in [0.1, 0.15) is 12.3 Å². The second-order valence-corrected chi connectivity index (χ2v) is 7.08. The van der Waals surface area contributed by atoms with Gasteiger partial charge in [-0.1, -0.05) is 47.6 Å². The van der Waals surface area contributed by atoms with Crippen molar-refractivity contribution in [3.63, 3.8) is 0 Å². The number of nitrogens with zero attached hydrogens (tertiary/aromatic N) is 1. The Balaban J connectivity index is 1.95. The SMILES string of the molecule is COC(=O)C(NC(=O)OCc1ccccc1)(c1cc(-c2ccc(C(F)(F)F)cc2)no1)C(F)(F)F. The summed E-state index contributed by atoms with van der Waals surface area (Å²) in [5.41, 5.74) is -4.76. The molecule has 13 heteroatoms. The van der Waals surface area contributed by atoms with Gasteiger partial charge in [0.25, 0.3) is 5.54 Å². The van der Waals surface area contributed by atoms with Crippen LogP contribution in [0.3, 0.4) is 0 Å². The standard InChI is InChI=1S/C22H16F6N2O5/c1-33-18(31)20(22(26,27)28,29-19(32)34-12-13-5-3-2-4-6-13)17-11-16(30-35-17)14-7-9-15(10-8-14)21(23,24)25/h2-11H,12H2,1H3,(H,29,32). The van der Waals surface area contributed by atoms with Gasteiger partial charge >= 0.3 is 24.4 Å². The van der Waals surface area contributed by atoms with Crippen molar-refractivity contribution >= 4 is 12.1 Å². The van der Waals surface area contributed by atoms with E-state index in [1.54, 1.807) is 30.3 Å². The monoisotopic (exact) mass is 502 g/mol. The van der Waals surface area contributed by atoms with Crippen molar-refractivity contribution in [2.75, 3.05) is 7.11 Å². The smallest absolute Gasteiger partial charge is 0.430 e. The summed E-state index contributed by atoms with van der Waals surface area (Å²) in [5.74, 6) is -3.15. The number of ether oxygens (including phenoxy) is 2. The molecule has 1 amide bonds. The zero-order valence-corrected chi connectivity index (χ0v) is 17.7. The van der Waals surface area contributed by atoms with Gasteiger partial charge in [0.2, 0.25) is 0 Å². The Morgan fingerprint density at radius 1 is 0.971 bits per heavy atom. The maximum atomic E-state index is 14.2. The number of hydrogen-bond donors (Lipinski definition) is 1. The largest absolute Gasteiger partial charge is 0.467 e. The minimum atomic E-state index is -5.50. The van der Waals surface area contributed by atoms with Gasteiger partial charge in [-0.2, -0.15) is 26.3 Å². The van der Waals surface area contributed by atoms with Gasteiger partial charge < -0.3 is 14.0 Å². The van der Waals surface area contributed by atoms with E-state index in [9.17, 15) is 35.9 Å². The van der Waals surface area contributed by atoms with Crippen LogP contribution < -0.4 is 5.32 Å². The number of carbonyl (C=O) groups excluding carboxylic acids is 2. The van der Waals surface area contributed by atoms with Crippen LogP contribution in [-0.2, 0) is 32.6 Å². The topological polar surface area (TPSA) is 90.7 Å². The summed E-state index contributed by atoms with van der Waals surface area (Å²) in [4.78, 5) is 24.6. The summed E-state index contributed by atoms with van der Waals surface area (Å²) >= 11 is 0. The lowest BCUT2D eigenvalue weighted by atomic mass is 9.94. The van der Waals surface area contributed by atoms with E-state index in [-0.39, 0.29) is 11.3 Å². The zero-order chi connectivity index (χ0) is 25.9. The maximum Gasteiger partial charge on any atom is 0.430 e. The normalized spacial score (nSPS) is 13.6. The van der Waals surface area contributed by atoms with Crippen molar-refractivity contribution < 1.29 is 49.9 Å². The molecule has 3 aromatic rings. The molecule has 3 rings (SSSR count). The Labute approximate surface area is 193 Å². The summed E-state index contributed by atoms with van der Waals surface area (Å²) in [5, 5.41) is 4.88. The summed E-state index contributed by atoms with van der Waals surface area (Å²) in [7, 11) is 0.660. The van der Waals surface area contributed by atoms with Crippen molar-refractivity contribution in [2.24, 2.45) is 0 Å². The number of amides is 1. The van der Waals surface area contributed by atoms with Gasteiger partial charge in [-0.15, -0.1) is 0 Å². The number of carbonyl (C=O) groups is 2. The van der Waals surface area contributed by atoms with Crippen LogP contribution in [0.25, 0.3) is 11.3 Å². The Kier molecular flexibility index (Phi) is 7.08. The van der Waals surface area contributed by atoms with Crippen LogP contribution in [0.1, 0.15) is 16.9 Å². The van der Waals surface area contributed by atoms with E-state index in [0.717, 1.165) is 12.1 Å². The molecule has 1 unspecified atom stereocenters. The first-order valence-corrected chi connectivity index (χ1v) is 9.67. The summed E-state index contributed by atoms with van der Waals surface area (Å²) in [6, 6.07) is 12.0. The number of esters is 1. The molecule has 1 aromatic heterocycles. The predicted molar refractivity (Wildman–Crippen MR) is 106 cm³/mol. The van der Waals surface area contributed by atoms with E-state index in [1.165, 1.54) is 5.32 Å². The summed E-state index contributed by atoms with van der Waals surface area (Å²) < 4.78 is 94.8. The molecule has 0 bridgehead atoms. The lowest BCUT2D eigenvalue weighted by Crippen LogP contribution is -2.61. The highest BCUT2D eigenvalue weighted by molar-refractivity contribution is 5.88. The maximum absolute atomic E-state index is 14.2. The molecule has 0 aliphatic rings. The lowest BCUT2D eigenvalue weighted by molar-refractivity contribution is -0.218. The highest BCUT2D eigenvalue weighted by Gasteiger charge is 2.67.